The first-order valence-electron chi connectivity index (χ1n) is 15.1. The van der Waals surface area contributed by atoms with Gasteiger partial charge in [0, 0.05) is 17.4 Å². The van der Waals surface area contributed by atoms with E-state index in [9.17, 15) is 24.0 Å². The van der Waals surface area contributed by atoms with Crippen LogP contribution in [-0.4, -0.2) is 42.8 Å². The van der Waals surface area contributed by atoms with Gasteiger partial charge in [0.2, 0.25) is 23.6 Å². The molecule has 228 valence electrons. The molecule has 2 bridgehead atoms. The van der Waals surface area contributed by atoms with Gasteiger partial charge >= 0.3 is 5.97 Å². The Hall–Kier alpha value is -5.25. The van der Waals surface area contributed by atoms with E-state index in [2.05, 4.69) is 0 Å². The maximum absolute atomic E-state index is 14.3. The fourth-order valence-corrected chi connectivity index (χ4v) is 7.52. The quantitative estimate of drug-likeness (QED) is 0.213. The predicted molar refractivity (Wildman–Crippen MR) is 161 cm³/mol. The van der Waals surface area contributed by atoms with E-state index in [4.69, 9.17) is 14.2 Å². The van der Waals surface area contributed by atoms with Crippen molar-refractivity contribution in [3.05, 3.63) is 90.5 Å². The maximum atomic E-state index is 14.3. The van der Waals surface area contributed by atoms with Crippen molar-refractivity contribution < 1.29 is 38.2 Å². The number of benzene rings is 3. The lowest BCUT2D eigenvalue weighted by atomic mass is 9.52. The summed E-state index contributed by atoms with van der Waals surface area (Å²) in [6.45, 7) is 4.22. The molecule has 0 N–H and O–H groups in total. The minimum Gasteiger partial charge on any atom is -0.492 e. The summed E-state index contributed by atoms with van der Waals surface area (Å²) in [5, 5.41) is 0. The molecule has 3 aromatic carbocycles. The molecule has 0 radical (unpaired) electrons. The molecule has 3 aliphatic carbocycles. The summed E-state index contributed by atoms with van der Waals surface area (Å²) in [4.78, 5) is 73.0. The first kappa shape index (κ1) is 28.5. The number of anilines is 2. The number of hydrogen-bond donors (Lipinski definition) is 0. The molecule has 5 aliphatic rings. The van der Waals surface area contributed by atoms with Gasteiger partial charge in [-0.2, -0.15) is 0 Å². The van der Waals surface area contributed by atoms with Crippen LogP contribution in [0.1, 0.15) is 13.8 Å². The number of carbonyl (C=O) groups excluding carboxylic acids is 5. The van der Waals surface area contributed by atoms with Crippen LogP contribution in [0.2, 0.25) is 0 Å². The Morgan fingerprint density at radius 1 is 0.600 bits per heavy atom. The Balaban J connectivity index is 1.33. The summed E-state index contributed by atoms with van der Waals surface area (Å²) in [5.74, 6) is -7.78. The van der Waals surface area contributed by atoms with Gasteiger partial charge in [0.05, 0.1) is 48.3 Å². The number of esters is 1. The summed E-state index contributed by atoms with van der Waals surface area (Å²) in [6, 6.07) is 21.9. The lowest BCUT2D eigenvalue weighted by Gasteiger charge is -2.46. The minimum absolute atomic E-state index is 0.119. The third-order valence-corrected chi connectivity index (χ3v) is 9.13. The summed E-state index contributed by atoms with van der Waals surface area (Å²) >= 11 is 0. The van der Waals surface area contributed by atoms with Crippen LogP contribution in [0.3, 0.4) is 0 Å². The van der Waals surface area contributed by atoms with E-state index >= 15 is 0 Å². The van der Waals surface area contributed by atoms with Crippen molar-refractivity contribution in [2.75, 3.05) is 23.0 Å². The van der Waals surface area contributed by atoms with Crippen LogP contribution in [-0.2, 0) is 24.0 Å². The number of hydrogen-bond acceptors (Lipinski definition) is 8. The summed E-state index contributed by atoms with van der Waals surface area (Å²) in [7, 11) is 0. The van der Waals surface area contributed by atoms with Gasteiger partial charge in [0.15, 0.2) is 0 Å². The monoisotopic (exact) mass is 606 g/mol. The fourth-order valence-electron chi connectivity index (χ4n) is 7.52. The SMILES string of the molecule is CCOc1ccccc1N1C(=O)[C@@H]2C3C=C(C(=O)Oc4ccccc4)C([C@H]2C1=O)[C@@H]1C(=O)N(c2ccccc2OCC)C(=O)[C@H]31. The Bertz CT molecular complexity index is 1670. The molecule has 8 rings (SSSR count). The molecule has 1 saturated carbocycles. The van der Waals surface area contributed by atoms with E-state index < -0.39 is 65.1 Å². The lowest BCUT2D eigenvalue weighted by molar-refractivity contribution is -0.142. The van der Waals surface area contributed by atoms with Gasteiger partial charge in [-0.15, -0.1) is 0 Å². The van der Waals surface area contributed by atoms with Crippen LogP contribution in [0.25, 0.3) is 0 Å². The van der Waals surface area contributed by atoms with Crippen molar-refractivity contribution in [3.8, 4) is 17.2 Å². The summed E-state index contributed by atoms with van der Waals surface area (Å²) in [6.07, 6.45) is 1.59. The Labute approximate surface area is 259 Å². The zero-order chi connectivity index (χ0) is 31.4. The van der Waals surface area contributed by atoms with E-state index in [0.717, 1.165) is 9.80 Å². The van der Waals surface area contributed by atoms with E-state index in [0.29, 0.717) is 30.5 Å². The molecule has 6 atom stereocenters. The molecule has 2 unspecified atom stereocenters. The second-order valence-corrected chi connectivity index (χ2v) is 11.4. The third-order valence-electron chi connectivity index (χ3n) is 9.13. The van der Waals surface area contributed by atoms with Crippen LogP contribution in [0.5, 0.6) is 17.2 Å². The average Bonchev–Trinajstić information content (AvgIpc) is 3.48. The van der Waals surface area contributed by atoms with Gasteiger partial charge in [-0.1, -0.05) is 48.5 Å². The third kappa shape index (κ3) is 4.27. The Morgan fingerprint density at radius 2 is 1.04 bits per heavy atom. The highest BCUT2D eigenvalue weighted by atomic mass is 16.5. The molecule has 10 nitrogen and oxygen atoms in total. The molecule has 2 saturated heterocycles. The normalized spacial score (nSPS) is 26.5. The number of ether oxygens (including phenoxy) is 3. The molecular formula is C35H30N2O8. The van der Waals surface area contributed by atoms with E-state index in [1.54, 1.807) is 98.8 Å². The molecule has 2 heterocycles. The van der Waals surface area contributed by atoms with Gasteiger partial charge in [-0.3, -0.25) is 19.2 Å². The number of allylic oxidation sites excluding steroid dienone is 1. The second-order valence-electron chi connectivity index (χ2n) is 11.4. The van der Waals surface area contributed by atoms with E-state index in [1.807, 2.05) is 0 Å². The minimum atomic E-state index is -1.07. The van der Waals surface area contributed by atoms with Crippen molar-refractivity contribution in [2.45, 2.75) is 13.8 Å². The maximum Gasteiger partial charge on any atom is 0.339 e. The molecule has 10 heteroatoms. The molecular weight excluding hydrogens is 576 g/mol. The van der Waals surface area contributed by atoms with E-state index in [1.165, 1.54) is 0 Å². The zero-order valence-corrected chi connectivity index (χ0v) is 24.6. The van der Waals surface area contributed by atoms with Crippen LogP contribution >= 0.6 is 0 Å². The Morgan fingerprint density at radius 3 is 1.53 bits per heavy atom. The number of nitrogens with zero attached hydrogens (tertiary/aromatic N) is 2. The Kier molecular flexibility index (Phi) is 6.99. The topological polar surface area (TPSA) is 120 Å². The molecule has 45 heavy (non-hydrogen) atoms. The highest BCUT2D eigenvalue weighted by Gasteiger charge is 2.71. The summed E-state index contributed by atoms with van der Waals surface area (Å²) < 4.78 is 17.2. The number of amides is 4. The van der Waals surface area contributed by atoms with E-state index in [-0.39, 0.29) is 16.9 Å². The number of rotatable bonds is 8. The van der Waals surface area contributed by atoms with Gasteiger partial charge in [-0.05, 0) is 50.2 Å². The van der Waals surface area contributed by atoms with Crippen LogP contribution in [0.15, 0.2) is 90.5 Å². The average molecular weight is 607 g/mol. The van der Waals surface area contributed by atoms with Gasteiger partial charge in [-0.25, -0.2) is 14.6 Å². The number of carbonyl (C=O) groups is 5. The second kappa shape index (κ2) is 11.0. The summed E-state index contributed by atoms with van der Waals surface area (Å²) in [5.41, 5.74) is 0.687. The standard InChI is InChI=1S/C35H30N2O8/c1-3-43-24-16-10-8-14-22(24)36-31(38)27-20-18-21(35(42)45-19-12-6-5-7-13-19)26(29(27)33(36)40)30-28(20)32(39)37(34(30)41)23-15-9-11-17-25(23)44-4-2/h5-18,20,26-30H,3-4H2,1-2H3/t20?,26?,27-,28-,29-,30+/m1/s1. The predicted octanol–water partition coefficient (Wildman–Crippen LogP) is 4.19. The number of imide groups is 2. The van der Waals surface area contributed by atoms with Gasteiger partial charge < -0.3 is 14.2 Å². The molecule has 2 aliphatic heterocycles. The lowest BCUT2D eigenvalue weighted by Crippen LogP contribution is -2.53. The molecule has 4 amide bonds. The molecule has 3 fully saturated rings. The van der Waals surface area contributed by atoms with Crippen LogP contribution in [0, 0.1) is 35.5 Å². The van der Waals surface area contributed by atoms with Crippen molar-refractivity contribution >= 4 is 41.0 Å². The highest BCUT2D eigenvalue weighted by Crippen LogP contribution is 2.61. The largest absolute Gasteiger partial charge is 0.492 e. The zero-order valence-electron chi connectivity index (χ0n) is 24.6. The first-order valence-corrected chi connectivity index (χ1v) is 15.1. The van der Waals surface area contributed by atoms with Crippen molar-refractivity contribution in [2.24, 2.45) is 35.5 Å². The van der Waals surface area contributed by atoms with Crippen LogP contribution in [0.4, 0.5) is 11.4 Å². The van der Waals surface area contributed by atoms with Crippen molar-refractivity contribution in [1.29, 1.82) is 0 Å². The first-order chi connectivity index (χ1) is 21.9. The van der Waals surface area contributed by atoms with Gasteiger partial charge in [0.25, 0.3) is 0 Å². The smallest absolute Gasteiger partial charge is 0.339 e. The van der Waals surface area contributed by atoms with Crippen molar-refractivity contribution in [1.82, 2.24) is 0 Å². The molecule has 0 spiro atoms. The van der Waals surface area contributed by atoms with Crippen molar-refractivity contribution in [3.63, 3.8) is 0 Å². The molecule has 3 aromatic rings. The highest BCUT2D eigenvalue weighted by molar-refractivity contribution is 6.27. The molecule has 0 aromatic heterocycles. The number of para-hydroxylation sites is 5. The van der Waals surface area contributed by atoms with Crippen LogP contribution < -0.4 is 24.0 Å². The fraction of sp³-hybridized carbons (Fsp3) is 0.286. The van der Waals surface area contributed by atoms with Gasteiger partial charge in [0.1, 0.15) is 17.2 Å².